The van der Waals surface area contributed by atoms with Gasteiger partial charge in [0.2, 0.25) is 0 Å². The molecule has 0 spiro atoms. The smallest absolute Gasteiger partial charge is 0.272 e. The lowest BCUT2D eigenvalue weighted by Crippen LogP contribution is -2.61. The minimum atomic E-state index is -2.58. The molecule has 0 bridgehead atoms. The van der Waals surface area contributed by atoms with Gasteiger partial charge in [0.25, 0.3) is 5.92 Å². The first-order valence-electron chi connectivity index (χ1n) is 15.2. The summed E-state index contributed by atoms with van der Waals surface area (Å²) >= 11 is 0. The number of aryl methyl sites for hydroxylation is 1. The minimum Gasteiger partial charge on any atom is -0.494 e. The number of hydrogen-bond acceptors (Lipinski definition) is 9. The molecule has 46 heavy (non-hydrogen) atoms. The number of anilines is 4. The van der Waals surface area contributed by atoms with Crippen LogP contribution in [0.25, 0.3) is 11.1 Å². The zero-order valence-electron chi connectivity index (χ0n) is 25.5. The van der Waals surface area contributed by atoms with Crippen LogP contribution in [0.5, 0.6) is 5.75 Å². The predicted molar refractivity (Wildman–Crippen MR) is 164 cm³/mol. The fourth-order valence-electron chi connectivity index (χ4n) is 6.60. The predicted octanol–water partition coefficient (Wildman–Crippen LogP) is 5.71. The van der Waals surface area contributed by atoms with Crippen LogP contribution in [0, 0.1) is 11.6 Å². The van der Waals surface area contributed by atoms with E-state index >= 15 is 0 Å². The normalized spacial score (nSPS) is 20.2. The molecule has 14 heteroatoms. The summed E-state index contributed by atoms with van der Waals surface area (Å²) in [5, 5.41) is 9.20. The molecular weight excluding hydrogens is 604 g/mol. The van der Waals surface area contributed by atoms with Gasteiger partial charge in [0, 0.05) is 73.3 Å². The Balaban J connectivity index is 1.16. The molecule has 1 atom stereocenters. The van der Waals surface area contributed by atoms with E-state index in [1.165, 1.54) is 17.5 Å². The van der Waals surface area contributed by atoms with Crippen molar-refractivity contribution >= 4 is 23.0 Å². The fraction of sp³-hybridized carbons (Fsp3) is 0.406. The topological polar surface area (TPSA) is 83.8 Å². The Kier molecular flexibility index (Phi) is 7.93. The van der Waals surface area contributed by atoms with Crippen LogP contribution in [0.2, 0.25) is 0 Å². The Morgan fingerprint density at radius 1 is 1.04 bits per heavy atom. The molecule has 0 amide bonds. The molecule has 0 radical (unpaired) electrons. The molecule has 0 aliphatic carbocycles. The van der Waals surface area contributed by atoms with Crippen molar-refractivity contribution in [3.8, 4) is 16.9 Å². The van der Waals surface area contributed by atoms with Gasteiger partial charge in [-0.05, 0) is 25.0 Å². The van der Waals surface area contributed by atoms with Crippen LogP contribution in [0.1, 0.15) is 30.9 Å². The highest BCUT2D eigenvalue weighted by atomic mass is 19.3. The number of likely N-dealkylation sites (tertiary alicyclic amines) is 1. The Bertz CT molecular complexity index is 1720. The maximum Gasteiger partial charge on any atom is 0.272 e. The van der Waals surface area contributed by atoms with Gasteiger partial charge >= 0.3 is 0 Å². The van der Waals surface area contributed by atoms with Crippen molar-refractivity contribution in [2.45, 2.75) is 37.3 Å². The fourth-order valence-corrected chi connectivity index (χ4v) is 6.60. The van der Waals surface area contributed by atoms with Crippen LogP contribution in [0.15, 0.2) is 55.1 Å². The molecule has 5 heterocycles. The van der Waals surface area contributed by atoms with Gasteiger partial charge in [0.05, 0.1) is 44.7 Å². The van der Waals surface area contributed by atoms with Crippen LogP contribution in [0.4, 0.5) is 40.6 Å². The minimum absolute atomic E-state index is 0.143. The first-order valence-corrected chi connectivity index (χ1v) is 15.2. The van der Waals surface area contributed by atoms with Gasteiger partial charge in [-0.1, -0.05) is 12.1 Å². The van der Waals surface area contributed by atoms with E-state index in [0.717, 1.165) is 35.7 Å². The summed E-state index contributed by atoms with van der Waals surface area (Å²) < 4.78 is 63.3. The van der Waals surface area contributed by atoms with Crippen molar-refractivity contribution in [1.82, 2.24) is 24.6 Å². The molecule has 10 nitrogen and oxygen atoms in total. The zero-order chi connectivity index (χ0) is 32.0. The Hall–Kier alpha value is -4.43. The molecule has 3 aliphatic heterocycles. The number of piperidine rings is 1. The number of hydroxylamine groups is 1. The van der Waals surface area contributed by atoms with Crippen LogP contribution < -0.4 is 20.0 Å². The third-order valence-electron chi connectivity index (χ3n) is 8.91. The van der Waals surface area contributed by atoms with Crippen molar-refractivity contribution in [1.29, 1.82) is 0 Å². The highest BCUT2D eigenvalue weighted by Crippen LogP contribution is 2.43. The monoisotopic (exact) mass is 638 g/mol. The molecule has 3 saturated heterocycles. The largest absolute Gasteiger partial charge is 0.494 e. The third-order valence-corrected chi connectivity index (χ3v) is 8.91. The molecule has 2 aromatic heterocycles. The summed E-state index contributed by atoms with van der Waals surface area (Å²) in [5.41, 5.74) is 3.61. The number of nitrogens with zero attached hydrogens (tertiary/aromatic N) is 7. The lowest BCUT2D eigenvalue weighted by atomic mass is 9.96. The second-order valence-corrected chi connectivity index (χ2v) is 11.9. The second kappa shape index (κ2) is 12.1. The van der Waals surface area contributed by atoms with Crippen LogP contribution in [0.3, 0.4) is 0 Å². The van der Waals surface area contributed by atoms with Crippen LogP contribution in [-0.2, 0) is 11.9 Å². The Labute approximate surface area is 263 Å². The van der Waals surface area contributed by atoms with Gasteiger partial charge in [-0.3, -0.25) is 14.4 Å². The average molecular weight is 639 g/mol. The second-order valence-electron chi connectivity index (χ2n) is 11.9. The first kappa shape index (κ1) is 30.2. The third kappa shape index (κ3) is 5.82. The summed E-state index contributed by atoms with van der Waals surface area (Å²) in [6.07, 6.45) is 7.13. The number of benzene rings is 2. The zero-order valence-corrected chi connectivity index (χ0v) is 25.5. The SMILES string of the molecule is COc1cc(N2CCC(N3CC(F)(F)C3)CC2)c(-c2cnn(C)c2)cc1Nc1cc(N2OCC[C@@H]2c2cccc(F)c2F)ncn1. The highest BCUT2D eigenvalue weighted by Gasteiger charge is 2.47. The number of nitrogens with one attached hydrogen (secondary N) is 1. The Morgan fingerprint density at radius 3 is 2.57 bits per heavy atom. The molecule has 7 rings (SSSR count). The molecule has 242 valence electrons. The summed E-state index contributed by atoms with van der Waals surface area (Å²) in [6.45, 7) is 1.43. The number of alkyl halides is 2. The summed E-state index contributed by atoms with van der Waals surface area (Å²) in [4.78, 5) is 18.7. The van der Waals surface area contributed by atoms with Crippen molar-refractivity contribution in [2.24, 2.45) is 7.05 Å². The standard InChI is InChI=1S/C32H34F4N8O2/c1-41-16-20(15-39-41)23-12-25(28(45-2)13-27(23)42-9-6-21(7-10-42)43-17-32(35,36)18-43)40-29-14-30(38-19-37-29)44-26(8-11-46-44)22-4-3-5-24(33)31(22)34/h3-5,12-16,19,21,26H,6-11,17-18H2,1-2H3,(H,37,38,40)/t26-/m1/s1. The quantitative estimate of drug-likeness (QED) is 0.244. The molecule has 4 aromatic rings. The Morgan fingerprint density at radius 2 is 1.85 bits per heavy atom. The lowest BCUT2D eigenvalue weighted by molar-refractivity contribution is -0.148. The molecule has 3 fully saturated rings. The van der Waals surface area contributed by atoms with E-state index in [0.29, 0.717) is 49.2 Å². The number of halogens is 4. The summed E-state index contributed by atoms with van der Waals surface area (Å²) in [5.74, 6) is -3.00. The van der Waals surface area contributed by atoms with E-state index in [2.05, 4.69) is 25.3 Å². The molecule has 0 saturated carbocycles. The molecule has 0 unspecified atom stereocenters. The van der Waals surface area contributed by atoms with Crippen molar-refractivity contribution < 1.29 is 27.1 Å². The van der Waals surface area contributed by atoms with Gasteiger partial charge in [-0.2, -0.15) is 5.10 Å². The van der Waals surface area contributed by atoms with Gasteiger partial charge in [0.1, 0.15) is 17.9 Å². The number of aromatic nitrogens is 4. The van der Waals surface area contributed by atoms with Gasteiger partial charge in [0.15, 0.2) is 17.5 Å². The number of hydrogen-bond donors (Lipinski definition) is 1. The van der Waals surface area contributed by atoms with Gasteiger partial charge in [-0.25, -0.2) is 32.6 Å². The number of ether oxygens (including phenoxy) is 1. The molecule has 2 aromatic carbocycles. The van der Waals surface area contributed by atoms with Gasteiger partial charge in [-0.15, -0.1) is 0 Å². The van der Waals surface area contributed by atoms with Crippen molar-refractivity contribution in [3.05, 3.63) is 72.3 Å². The van der Waals surface area contributed by atoms with Crippen molar-refractivity contribution in [2.75, 3.05) is 55.2 Å². The first-order chi connectivity index (χ1) is 22.2. The highest BCUT2D eigenvalue weighted by molar-refractivity contribution is 5.85. The average Bonchev–Trinajstić information content (AvgIpc) is 3.71. The molecule has 1 N–H and O–H groups in total. The van der Waals surface area contributed by atoms with Crippen LogP contribution >= 0.6 is 0 Å². The van der Waals surface area contributed by atoms with Crippen molar-refractivity contribution in [3.63, 3.8) is 0 Å². The summed E-state index contributed by atoms with van der Waals surface area (Å²) in [6, 6.07) is 9.31. The van der Waals surface area contributed by atoms with E-state index in [-0.39, 0.29) is 24.7 Å². The number of rotatable bonds is 8. The molecule has 3 aliphatic rings. The van der Waals surface area contributed by atoms with E-state index in [9.17, 15) is 17.6 Å². The van der Waals surface area contributed by atoms with E-state index in [1.54, 1.807) is 30.1 Å². The van der Waals surface area contributed by atoms with E-state index < -0.39 is 23.6 Å². The lowest BCUT2D eigenvalue weighted by Gasteiger charge is -2.47. The maximum atomic E-state index is 14.7. The maximum absolute atomic E-state index is 14.7. The number of methoxy groups -OCH3 is 1. The summed E-state index contributed by atoms with van der Waals surface area (Å²) in [7, 11) is 3.44. The molecular formula is C32H34F4N8O2. The van der Waals surface area contributed by atoms with Gasteiger partial charge < -0.3 is 15.0 Å². The van der Waals surface area contributed by atoms with E-state index in [4.69, 9.17) is 9.57 Å². The van der Waals surface area contributed by atoms with Crippen LogP contribution in [-0.4, -0.2) is 76.5 Å². The van der Waals surface area contributed by atoms with E-state index in [1.807, 2.05) is 30.3 Å².